The molecule has 0 aliphatic rings. The van der Waals surface area contributed by atoms with Crippen LogP contribution in [-0.4, -0.2) is 155 Å². The van der Waals surface area contributed by atoms with Crippen LogP contribution >= 0.6 is 105 Å². The van der Waals surface area contributed by atoms with E-state index in [1.54, 1.807) is 119 Å². The topological polar surface area (TPSA) is 221 Å². The lowest BCUT2D eigenvalue weighted by Gasteiger charge is -2.19. The normalized spacial score (nSPS) is 11.0. The molecule has 3 aromatic heterocycles. The lowest BCUT2D eigenvalue weighted by molar-refractivity contribution is -0.156. The standard InChI is InChI=1S/3C10H14.C10H10.2C9H18O3.C8H16O3.2C8H8.C7H14O2.3C6H10N2S3.C6H14/c3*1-3-9(2)10-7-5-4-6-8-10;1-3-9-6-5-7-10(4-2)8-9;2*1-5-9(2,3)8(10)12-7-6-11-4;1-4-8(2,3)7(10)11-6-5-9;2*1-2-8-6-4-3-5-7-8;1-5-7(2,3)6(8)9-4;3*1-3-9-5-7-8-6(11-5)10-4-2;1-5-6(2,3)4/h3*4-9H,3H2,1-2H3;3-8H,1-2H2;2*5-7H2,1-4H3;9H,4-6H2,1-3H3;2*2-7H,1H2;5H2,1-4H3;3*3-4H2,1-2H3;5H2,1-4H3. The van der Waals surface area contributed by atoms with Crippen LogP contribution in [0.2, 0.25) is 0 Å². The van der Waals surface area contributed by atoms with Gasteiger partial charge in [-0.05, 0) is 203 Å². The Hall–Kier alpha value is -7.18. The molecule has 0 fully saturated rings. The molecule has 9 aromatic rings. The summed E-state index contributed by atoms with van der Waals surface area (Å²) < 4.78 is 35.3. The zero-order chi connectivity index (χ0) is 106. The van der Waals surface area contributed by atoms with Gasteiger partial charge in [0.15, 0.2) is 26.0 Å². The number of methoxy groups -OCH3 is 3. The SMILES string of the molecule is C=Cc1cccc(C=C)c1.C=Cc1ccccc1.C=Cc1ccccc1.CCC(C)(C)C.CCC(C)(C)C(=O)OC.CCC(C)(C)C(=O)OCCO.CCC(C)(C)C(=O)OCCOC.CCC(C)(C)C(=O)OCCOC.CCC(C)c1ccccc1.CCC(C)c1ccccc1.CCC(C)c1ccccc1.CCSc1nnc(SCC)s1.CCSc1nnc(SCC)s1.CCSc1nnc(SCC)s1. The predicted octanol–water partition coefficient (Wildman–Crippen LogP) is 33.7. The highest BCUT2D eigenvalue weighted by Crippen LogP contribution is 2.32. The Bertz CT molecular complexity index is 4060. The number of aliphatic hydroxyl groups is 1. The van der Waals surface area contributed by atoms with Gasteiger partial charge < -0.3 is 33.5 Å². The number of carbonyl (C=O) groups is 4. The van der Waals surface area contributed by atoms with Gasteiger partial charge in [-0.1, -0.05) is 470 Å². The summed E-state index contributed by atoms with van der Waals surface area (Å²) in [5.41, 5.74) is 8.04. The molecule has 3 heterocycles. The van der Waals surface area contributed by atoms with E-state index in [1.807, 2.05) is 192 Å². The van der Waals surface area contributed by atoms with E-state index in [9.17, 15) is 19.2 Å². The molecular formula is C113H178N6O11S9. The number of hydrogen-bond donors (Lipinski definition) is 1. The Balaban J connectivity index is -0.000000465. The van der Waals surface area contributed by atoms with Gasteiger partial charge in [0.25, 0.3) is 0 Å². The molecule has 3 atom stereocenters. The van der Waals surface area contributed by atoms with Gasteiger partial charge in [0.1, 0.15) is 19.8 Å². The zero-order valence-electron chi connectivity index (χ0n) is 90.6. The molecule has 139 heavy (non-hydrogen) atoms. The molecule has 0 bridgehead atoms. The van der Waals surface area contributed by atoms with Gasteiger partial charge in [0.05, 0.1) is 48.6 Å². The maximum absolute atomic E-state index is 11.3. The van der Waals surface area contributed by atoms with Crippen molar-refractivity contribution in [2.75, 3.05) is 95.5 Å². The average molecular weight is 2090 g/mol. The van der Waals surface area contributed by atoms with Crippen molar-refractivity contribution in [3.05, 3.63) is 241 Å². The van der Waals surface area contributed by atoms with Crippen LogP contribution in [0.4, 0.5) is 0 Å². The van der Waals surface area contributed by atoms with Crippen molar-refractivity contribution in [3.63, 3.8) is 0 Å². The number of benzene rings is 6. The molecule has 9 rings (SSSR count). The van der Waals surface area contributed by atoms with Gasteiger partial charge in [0.2, 0.25) is 0 Å². The fourth-order valence-corrected chi connectivity index (χ4v) is 17.2. The first-order valence-electron chi connectivity index (χ1n) is 48.4. The van der Waals surface area contributed by atoms with E-state index in [2.05, 4.69) is 263 Å². The quantitative estimate of drug-likeness (QED) is 0.0164. The Morgan fingerprint density at radius 2 is 0.525 bits per heavy atom. The number of esters is 4. The molecular weight excluding hydrogens is 1910 g/mol. The smallest absolute Gasteiger partial charge is 0.311 e. The first kappa shape index (κ1) is 140. The third-order valence-electron chi connectivity index (χ3n) is 20.5. The minimum absolute atomic E-state index is 0.0995. The Morgan fingerprint density at radius 3 is 0.691 bits per heavy atom. The molecule has 17 nitrogen and oxygen atoms in total. The number of thioether (sulfide) groups is 6. The fourth-order valence-electron chi connectivity index (χ4n) is 8.74. The molecule has 1 N–H and O–H groups in total. The van der Waals surface area contributed by atoms with Crippen LogP contribution in [0.15, 0.2) is 228 Å². The van der Waals surface area contributed by atoms with Crippen molar-refractivity contribution in [2.45, 2.75) is 289 Å². The highest BCUT2D eigenvalue weighted by Gasteiger charge is 2.29. The van der Waals surface area contributed by atoms with Crippen LogP contribution in [0.3, 0.4) is 0 Å². The number of aromatic nitrogens is 6. The first-order valence-corrected chi connectivity index (χ1v) is 56.8. The van der Waals surface area contributed by atoms with Gasteiger partial charge in [-0.15, -0.1) is 30.6 Å². The predicted molar refractivity (Wildman–Crippen MR) is 615 cm³/mol. The van der Waals surface area contributed by atoms with Crippen molar-refractivity contribution in [1.82, 2.24) is 30.6 Å². The van der Waals surface area contributed by atoms with Crippen molar-refractivity contribution < 1.29 is 52.7 Å². The van der Waals surface area contributed by atoms with Crippen LogP contribution in [0, 0.1) is 27.1 Å². The minimum Gasteiger partial charge on any atom is -0.469 e. The number of carbonyl (C=O) groups excluding carboxylic acids is 4. The Morgan fingerprint density at radius 1 is 0.317 bits per heavy atom. The molecule has 6 aromatic carbocycles. The molecule has 0 saturated heterocycles. The van der Waals surface area contributed by atoms with E-state index in [-0.39, 0.29) is 53.3 Å². The van der Waals surface area contributed by atoms with Gasteiger partial charge in [-0.2, -0.15) is 0 Å². The number of nitrogens with zero attached hydrogens (tertiary/aromatic N) is 6. The Labute approximate surface area is 881 Å². The number of ether oxygens (including phenoxy) is 6. The van der Waals surface area contributed by atoms with Crippen LogP contribution in [0.1, 0.15) is 302 Å². The number of rotatable bonds is 38. The molecule has 3 unspecified atom stereocenters. The molecule has 0 aliphatic carbocycles. The first-order chi connectivity index (χ1) is 66.1. The molecule has 0 saturated carbocycles. The molecule has 780 valence electrons. The van der Waals surface area contributed by atoms with Crippen LogP contribution in [0.25, 0.3) is 24.3 Å². The summed E-state index contributed by atoms with van der Waals surface area (Å²) in [5.74, 6) is 7.90. The van der Waals surface area contributed by atoms with E-state index in [0.717, 1.165) is 97.4 Å². The second kappa shape index (κ2) is 89.7. The fraction of sp³-hybridized carbons (Fsp3) is 0.522. The summed E-state index contributed by atoms with van der Waals surface area (Å²) in [6, 6.07) is 60.0. The Kier molecular flexibility index (Phi) is 90.5. The second-order valence-corrected chi connectivity index (χ2v) is 46.0. The molecule has 0 radical (unpaired) electrons. The van der Waals surface area contributed by atoms with Gasteiger partial charge in [0, 0.05) is 14.2 Å². The lowest BCUT2D eigenvalue weighted by Crippen LogP contribution is -2.26. The van der Waals surface area contributed by atoms with Crippen LogP contribution in [0.5, 0.6) is 0 Å². The highest BCUT2D eigenvalue weighted by molar-refractivity contribution is 8.04. The summed E-state index contributed by atoms with van der Waals surface area (Å²) in [5, 5.41) is 32.6. The lowest BCUT2D eigenvalue weighted by atomic mass is 9.91. The summed E-state index contributed by atoms with van der Waals surface area (Å²) >= 11 is 15.6. The summed E-state index contributed by atoms with van der Waals surface area (Å²) in [6.07, 6.45) is 15.4. The monoisotopic (exact) mass is 2080 g/mol. The van der Waals surface area contributed by atoms with E-state index in [1.165, 1.54) is 60.6 Å². The van der Waals surface area contributed by atoms with Gasteiger partial charge in [-0.3, -0.25) is 19.2 Å². The summed E-state index contributed by atoms with van der Waals surface area (Å²) in [4.78, 5) is 44.5. The number of aliphatic hydroxyl groups excluding tert-OH is 1. The van der Waals surface area contributed by atoms with E-state index < -0.39 is 5.41 Å². The molecule has 26 heteroatoms. The van der Waals surface area contributed by atoms with E-state index in [4.69, 9.17) is 28.8 Å². The van der Waals surface area contributed by atoms with Crippen molar-refractivity contribution in [2.24, 2.45) is 27.1 Å². The van der Waals surface area contributed by atoms with Crippen molar-refractivity contribution in [1.29, 1.82) is 0 Å². The van der Waals surface area contributed by atoms with Crippen molar-refractivity contribution >= 4 is 153 Å². The maximum atomic E-state index is 11.3. The van der Waals surface area contributed by atoms with E-state index in [0.29, 0.717) is 49.6 Å². The van der Waals surface area contributed by atoms with E-state index >= 15 is 0 Å². The largest absolute Gasteiger partial charge is 0.469 e. The van der Waals surface area contributed by atoms with Crippen LogP contribution in [-0.2, 0) is 47.6 Å². The highest BCUT2D eigenvalue weighted by atomic mass is 32.2. The van der Waals surface area contributed by atoms with Gasteiger partial charge >= 0.3 is 23.9 Å². The summed E-state index contributed by atoms with van der Waals surface area (Å²) in [7, 11) is 4.58. The van der Waals surface area contributed by atoms with Crippen LogP contribution < -0.4 is 0 Å². The van der Waals surface area contributed by atoms with Gasteiger partial charge in [-0.25, -0.2) is 0 Å². The number of hydrogen-bond acceptors (Lipinski definition) is 26. The third kappa shape index (κ3) is 76.2. The minimum atomic E-state index is -0.421. The molecule has 0 spiro atoms. The van der Waals surface area contributed by atoms with Crippen molar-refractivity contribution in [3.8, 4) is 0 Å². The second-order valence-electron chi connectivity index (χ2n) is 34.0. The molecule has 0 amide bonds. The average Bonchev–Trinajstić information content (AvgIpc) is 1.88. The maximum Gasteiger partial charge on any atom is 0.311 e. The zero-order valence-corrected chi connectivity index (χ0v) is 98.0. The third-order valence-corrected chi connectivity index (χ3v) is 29.4. The summed E-state index contributed by atoms with van der Waals surface area (Å²) in [6.45, 7) is 74.1. The molecule has 0 aliphatic heterocycles.